The summed E-state index contributed by atoms with van der Waals surface area (Å²) in [6.45, 7) is 3.99. The van der Waals surface area contributed by atoms with E-state index in [0.717, 1.165) is 11.4 Å². The van der Waals surface area contributed by atoms with Crippen molar-refractivity contribution in [2.45, 2.75) is 13.8 Å². The topological polar surface area (TPSA) is 12.9 Å². The highest BCUT2D eigenvalue weighted by atomic mass is 79.9. The van der Waals surface area contributed by atoms with E-state index in [1.54, 1.807) is 0 Å². The third-order valence-electron chi connectivity index (χ3n) is 1.03. The second-order valence-corrected chi connectivity index (χ2v) is 1.92. The molecule has 0 atom stereocenters. The molecule has 0 bridgehead atoms. The zero-order valence-corrected chi connectivity index (χ0v) is 7.30. The molecule has 0 aliphatic carbocycles. The van der Waals surface area contributed by atoms with Gasteiger partial charge in [-0.3, -0.25) is 4.98 Å². The fourth-order valence-electron chi connectivity index (χ4n) is 0.679. The van der Waals surface area contributed by atoms with Crippen molar-refractivity contribution in [3.8, 4) is 0 Å². The molecule has 1 aromatic heterocycles. The molecule has 2 heteroatoms. The van der Waals surface area contributed by atoms with Gasteiger partial charge in [-0.15, -0.1) is 17.0 Å². The van der Waals surface area contributed by atoms with Crippen LogP contribution in [0.4, 0.5) is 0 Å². The molecule has 9 heavy (non-hydrogen) atoms. The summed E-state index contributed by atoms with van der Waals surface area (Å²) in [5, 5.41) is 0. The summed E-state index contributed by atoms with van der Waals surface area (Å²) in [4.78, 5) is 4.17. The van der Waals surface area contributed by atoms with Crippen molar-refractivity contribution in [1.29, 1.82) is 0 Å². The van der Waals surface area contributed by atoms with Crippen LogP contribution in [0.15, 0.2) is 18.2 Å². The summed E-state index contributed by atoms with van der Waals surface area (Å²) in [5.74, 6) is 0. The molecule has 1 heterocycles. The van der Waals surface area contributed by atoms with Crippen molar-refractivity contribution in [1.82, 2.24) is 4.98 Å². The van der Waals surface area contributed by atoms with Gasteiger partial charge >= 0.3 is 0 Å². The maximum absolute atomic E-state index is 4.17. The molecule has 1 aromatic rings. The van der Waals surface area contributed by atoms with E-state index < -0.39 is 0 Å². The van der Waals surface area contributed by atoms with Crippen molar-refractivity contribution in [2.24, 2.45) is 0 Å². The van der Waals surface area contributed by atoms with Gasteiger partial charge in [0, 0.05) is 11.4 Å². The lowest BCUT2D eigenvalue weighted by Crippen LogP contribution is -1.81. The Morgan fingerprint density at radius 1 is 1.11 bits per heavy atom. The Morgan fingerprint density at radius 3 is 1.78 bits per heavy atom. The van der Waals surface area contributed by atoms with Crippen molar-refractivity contribution in [2.75, 3.05) is 0 Å². The summed E-state index contributed by atoms with van der Waals surface area (Å²) in [5.41, 5.74) is 2.18. The van der Waals surface area contributed by atoms with Crippen LogP contribution >= 0.6 is 17.0 Å². The summed E-state index contributed by atoms with van der Waals surface area (Å²) in [6, 6.07) is 6.00. The van der Waals surface area contributed by atoms with E-state index >= 15 is 0 Å². The number of hydrogen-bond acceptors (Lipinski definition) is 1. The predicted octanol–water partition coefficient (Wildman–Crippen LogP) is 2.28. The lowest BCUT2D eigenvalue weighted by atomic mass is 10.3. The van der Waals surface area contributed by atoms with Crippen LogP contribution in [0.3, 0.4) is 0 Å². The third-order valence-corrected chi connectivity index (χ3v) is 1.03. The minimum Gasteiger partial charge on any atom is -0.258 e. The van der Waals surface area contributed by atoms with Crippen LogP contribution in [-0.2, 0) is 0 Å². The Labute approximate surface area is 65.9 Å². The first kappa shape index (κ1) is 8.63. The van der Waals surface area contributed by atoms with E-state index in [-0.39, 0.29) is 17.0 Å². The molecule has 0 radical (unpaired) electrons. The number of halogens is 1. The normalized spacial score (nSPS) is 8.22. The monoisotopic (exact) mass is 187 g/mol. The molecule has 0 aromatic carbocycles. The van der Waals surface area contributed by atoms with Gasteiger partial charge in [-0.05, 0) is 26.0 Å². The van der Waals surface area contributed by atoms with E-state index in [1.165, 1.54) is 0 Å². The molecule has 1 nitrogen and oxygen atoms in total. The Bertz CT molecular complexity index is 169. The van der Waals surface area contributed by atoms with Gasteiger partial charge in [0.2, 0.25) is 0 Å². The highest BCUT2D eigenvalue weighted by molar-refractivity contribution is 8.93. The van der Waals surface area contributed by atoms with E-state index in [2.05, 4.69) is 4.98 Å². The second-order valence-electron chi connectivity index (χ2n) is 1.92. The summed E-state index contributed by atoms with van der Waals surface area (Å²) >= 11 is 0. The molecule has 50 valence electrons. The zero-order valence-electron chi connectivity index (χ0n) is 5.59. The molecule has 0 N–H and O–H groups in total. The van der Waals surface area contributed by atoms with Crippen LogP contribution in [0, 0.1) is 13.8 Å². The van der Waals surface area contributed by atoms with Gasteiger partial charge in [0.15, 0.2) is 0 Å². The number of hydrogen-bond donors (Lipinski definition) is 0. The van der Waals surface area contributed by atoms with Gasteiger partial charge < -0.3 is 0 Å². The molecular weight excluding hydrogens is 178 g/mol. The van der Waals surface area contributed by atoms with E-state index in [4.69, 9.17) is 0 Å². The Balaban J connectivity index is 0.000000640. The van der Waals surface area contributed by atoms with E-state index in [1.807, 2.05) is 32.0 Å². The Hall–Kier alpha value is -0.370. The number of rotatable bonds is 0. The number of nitrogens with zero attached hydrogens (tertiary/aromatic N) is 1. The SMILES string of the molecule is Br.Cc1cccc(C)n1. The van der Waals surface area contributed by atoms with Gasteiger partial charge in [0.05, 0.1) is 0 Å². The summed E-state index contributed by atoms with van der Waals surface area (Å²) in [7, 11) is 0. The smallest absolute Gasteiger partial charge is 0.0375 e. The van der Waals surface area contributed by atoms with Crippen LogP contribution in [0.5, 0.6) is 0 Å². The molecule has 0 aliphatic rings. The lowest BCUT2D eigenvalue weighted by Gasteiger charge is -1.90. The third kappa shape index (κ3) is 2.61. The molecule has 0 amide bonds. The second kappa shape index (κ2) is 3.62. The first-order valence-electron chi connectivity index (χ1n) is 2.69. The highest BCUT2D eigenvalue weighted by Crippen LogP contribution is 1.93. The summed E-state index contributed by atoms with van der Waals surface area (Å²) in [6.07, 6.45) is 0. The van der Waals surface area contributed by atoms with Crippen LogP contribution in [0.25, 0.3) is 0 Å². The average molecular weight is 188 g/mol. The maximum atomic E-state index is 4.17. The van der Waals surface area contributed by atoms with Gasteiger partial charge in [0.1, 0.15) is 0 Å². The van der Waals surface area contributed by atoms with E-state index in [0.29, 0.717) is 0 Å². The van der Waals surface area contributed by atoms with Gasteiger partial charge in [0.25, 0.3) is 0 Å². The van der Waals surface area contributed by atoms with Crippen molar-refractivity contribution < 1.29 is 0 Å². The van der Waals surface area contributed by atoms with Crippen molar-refractivity contribution >= 4 is 17.0 Å². The standard InChI is InChI=1S/C7H9N.BrH/c1-6-4-3-5-7(2)8-6;/h3-5H,1-2H3;1H. The molecule has 0 aliphatic heterocycles. The largest absolute Gasteiger partial charge is 0.258 e. The van der Waals surface area contributed by atoms with Crippen molar-refractivity contribution in [3.05, 3.63) is 29.6 Å². The average Bonchev–Trinajstić information content (AvgIpc) is 1.64. The molecule has 0 unspecified atom stereocenters. The first-order valence-corrected chi connectivity index (χ1v) is 2.69. The molecule has 0 spiro atoms. The van der Waals surface area contributed by atoms with Gasteiger partial charge in [-0.2, -0.15) is 0 Å². The Kier molecular flexibility index (Phi) is 3.47. The van der Waals surface area contributed by atoms with Crippen LogP contribution in [0.2, 0.25) is 0 Å². The molecule has 1 rings (SSSR count). The zero-order chi connectivity index (χ0) is 5.98. The molecule has 0 saturated heterocycles. The fraction of sp³-hybridized carbons (Fsp3) is 0.286. The summed E-state index contributed by atoms with van der Waals surface area (Å²) < 4.78 is 0. The first-order chi connectivity index (χ1) is 3.79. The van der Waals surface area contributed by atoms with Gasteiger partial charge in [-0.25, -0.2) is 0 Å². The minimum atomic E-state index is 0. The number of aromatic nitrogens is 1. The van der Waals surface area contributed by atoms with Gasteiger partial charge in [-0.1, -0.05) is 6.07 Å². The number of aryl methyl sites for hydroxylation is 2. The van der Waals surface area contributed by atoms with E-state index in [9.17, 15) is 0 Å². The number of pyridine rings is 1. The fourth-order valence-corrected chi connectivity index (χ4v) is 0.679. The van der Waals surface area contributed by atoms with Crippen LogP contribution in [-0.4, -0.2) is 4.98 Å². The Morgan fingerprint density at radius 2 is 1.56 bits per heavy atom. The molecule has 0 fully saturated rings. The lowest BCUT2D eigenvalue weighted by molar-refractivity contribution is 1.12. The van der Waals surface area contributed by atoms with Crippen LogP contribution < -0.4 is 0 Å². The van der Waals surface area contributed by atoms with Crippen molar-refractivity contribution in [3.63, 3.8) is 0 Å². The predicted molar refractivity (Wildman–Crippen MR) is 44.0 cm³/mol. The maximum Gasteiger partial charge on any atom is 0.0375 e. The molecule has 0 saturated carbocycles. The highest BCUT2D eigenvalue weighted by Gasteiger charge is 1.82. The van der Waals surface area contributed by atoms with Crippen LogP contribution in [0.1, 0.15) is 11.4 Å². The molecular formula is C7H10BrN. The quantitative estimate of drug-likeness (QED) is 0.608. The minimum absolute atomic E-state index is 0.